The molecule has 11 nitrogen and oxygen atoms in total. The third-order valence-electron chi connectivity index (χ3n) is 5.68. The topological polar surface area (TPSA) is 134 Å². The molecule has 4 rings (SSSR count). The summed E-state index contributed by atoms with van der Waals surface area (Å²) in [5, 5.41) is 17.5. The number of halogens is 2. The normalized spacial score (nSPS) is 17.9. The minimum absolute atomic E-state index is 0.0123. The maximum atomic E-state index is 12.4. The van der Waals surface area contributed by atoms with E-state index in [0.717, 1.165) is 25.2 Å². The predicted octanol–water partition coefficient (Wildman–Crippen LogP) is 3.18. The maximum Gasteiger partial charge on any atom is 0.388 e. The monoisotopic (exact) mass is 490 g/mol. The van der Waals surface area contributed by atoms with Crippen molar-refractivity contribution < 1.29 is 32.9 Å². The summed E-state index contributed by atoms with van der Waals surface area (Å²) in [6.45, 7) is -1.22. The van der Waals surface area contributed by atoms with Crippen LogP contribution in [0.5, 0.6) is 17.5 Å². The van der Waals surface area contributed by atoms with E-state index in [1.165, 1.54) is 4.68 Å². The fourth-order valence-corrected chi connectivity index (χ4v) is 3.90. The van der Waals surface area contributed by atoms with Crippen molar-refractivity contribution in [2.75, 3.05) is 0 Å². The molecule has 1 fully saturated rings. The van der Waals surface area contributed by atoms with E-state index in [1.807, 2.05) is 0 Å². The van der Waals surface area contributed by atoms with Gasteiger partial charge in [0.25, 0.3) is 0 Å². The third-order valence-corrected chi connectivity index (χ3v) is 5.68. The highest BCUT2D eigenvalue weighted by Crippen LogP contribution is 2.30. The van der Waals surface area contributed by atoms with Gasteiger partial charge in [-0.3, -0.25) is 4.79 Å². The molecule has 0 aromatic carbocycles. The van der Waals surface area contributed by atoms with Crippen LogP contribution < -0.4 is 14.2 Å². The number of carboxylic acid groups (broad SMARTS) is 1. The van der Waals surface area contributed by atoms with Gasteiger partial charge in [0.15, 0.2) is 0 Å². The molecule has 1 N–H and O–H groups in total. The molecule has 3 aromatic rings. The van der Waals surface area contributed by atoms with E-state index in [2.05, 4.69) is 30.0 Å². The van der Waals surface area contributed by atoms with Crippen LogP contribution >= 0.6 is 0 Å². The summed E-state index contributed by atoms with van der Waals surface area (Å²) in [4.78, 5) is 23.4. The van der Waals surface area contributed by atoms with Gasteiger partial charge >= 0.3 is 12.6 Å². The van der Waals surface area contributed by atoms with Crippen LogP contribution in [0.2, 0.25) is 0 Å². The van der Waals surface area contributed by atoms with Crippen molar-refractivity contribution in [2.24, 2.45) is 13.0 Å². The molecule has 35 heavy (non-hydrogen) atoms. The van der Waals surface area contributed by atoms with Crippen LogP contribution in [0.3, 0.4) is 0 Å². The first-order chi connectivity index (χ1) is 16.8. The molecule has 0 radical (unpaired) electrons. The molecule has 1 saturated carbocycles. The first kappa shape index (κ1) is 24.2. The van der Waals surface area contributed by atoms with Crippen LogP contribution in [0.1, 0.15) is 37.1 Å². The van der Waals surface area contributed by atoms with Gasteiger partial charge in [-0.15, -0.1) is 5.10 Å². The van der Waals surface area contributed by atoms with E-state index >= 15 is 0 Å². The standard InChI is InChI=1S/C22H24F2N6O5/c1-12-17(34-14-5-3-4-13(8-14)21(31)32)7-6-15(27-12)20-16(30(2)29-28-20)10-33-18-9-19(26-11-25-18)35-22(23)24/h6-7,9,11,13-14,22H,3-5,8,10H2,1-2H3,(H,31,32)/t13-,14-/m0/s1. The Kier molecular flexibility index (Phi) is 7.32. The Hall–Kier alpha value is -3.90. The first-order valence-corrected chi connectivity index (χ1v) is 11.0. The molecule has 2 atom stereocenters. The zero-order chi connectivity index (χ0) is 24.9. The van der Waals surface area contributed by atoms with Crippen molar-refractivity contribution >= 4 is 5.97 Å². The Balaban J connectivity index is 1.46. The number of aryl methyl sites for hydroxylation is 2. The number of hydrogen-bond acceptors (Lipinski definition) is 9. The number of carbonyl (C=O) groups is 1. The number of carboxylic acids is 1. The molecule has 186 valence electrons. The molecule has 0 bridgehead atoms. The van der Waals surface area contributed by atoms with Crippen LogP contribution in [0.25, 0.3) is 11.4 Å². The zero-order valence-electron chi connectivity index (χ0n) is 19.1. The van der Waals surface area contributed by atoms with Gasteiger partial charge in [-0.1, -0.05) is 5.21 Å². The largest absolute Gasteiger partial charge is 0.489 e. The van der Waals surface area contributed by atoms with E-state index in [4.69, 9.17) is 9.47 Å². The van der Waals surface area contributed by atoms with Gasteiger partial charge in [0.05, 0.1) is 29.5 Å². The zero-order valence-corrected chi connectivity index (χ0v) is 19.1. The summed E-state index contributed by atoms with van der Waals surface area (Å²) in [5.74, 6) is -0.868. The Morgan fingerprint density at radius 1 is 1.26 bits per heavy atom. The molecule has 0 aliphatic heterocycles. The van der Waals surface area contributed by atoms with Gasteiger partial charge in [-0.05, 0) is 44.7 Å². The third kappa shape index (κ3) is 5.97. The van der Waals surface area contributed by atoms with Crippen LogP contribution in [0, 0.1) is 12.8 Å². The lowest BCUT2D eigenvalue weighted by atomic mass is 9.87. The lowest BCUT2D eigenvalue weighted by Gasteiger charge is -2.27. The minimum Gasteiger partial charge on any atom is -0.489 e. The molecule has 3 aromatic heterocycles. The lowest BCUT2D eigenvalue weighted by Crippen LogP contribution is -2.29. The highest BCUT2D eigenvalue weighted by Gasteiger charge is 2.28. The predicted molar refractivity (Wildman–Crippen MR) is 116 cm³/mol. The van der Waals surface area contributed by atoms with E-state index in [-0.39, 0.29) is 24.5 Å². The average Bonchev–Trinajstić information content (AvgIpc) is 3.19. The Labute approximate surface area is 199 Å². The number of ether oxygens (including phenoxy) is 3. The van der Waals surface area contributed by atoms with Crippen molar-refractivity contribution in [1.29, 1.82) is 0 Å². The Morgan fingerprint density at radius 2 is 2.06 bits per heavy atom. The van der Waals surface area contributed by atoms with Crippen LogP contribution in [-0.2, 0) is 18.4 Å². The second kappa shape index (κ2) is 10.6. The number of alkyl halides is 2. The number of rotatable bonds is 9. The molecule has 1 aliphatic rings. The fourth-order valence-electron chi connectivity index (χ4n) is 3.90. The van der Waals surface area contributed by atoms with Crippen molar-refractivity contribution in [3.8, 4) is 28.9 Å². The van der Waals surface area contributed by atoms with Crippen LogP contribution in [0.15, 0.2) is 24.5 Å². The summed E-state index contributed by atoms with van der Waals surface area (Å²) in [6.07, 6.45) is 3.61. The van der Waals surface area contributed by atoms with Crippen molar-refractivity contribution in [3.05, 3.63) is 35.9 Å². The number of aliphatic carboxylic acids is 1. The summed E-state index contributed by atoms with van der Waals surface area (Å²) in [6, 6.07) is 4.68. The lowest BCUT2D eigenvalue weighted by molar-refractivity contribution is -0.143. The second-order valence-corrected chi connectivity index (χ2v) is 8.09. The highest BCUT2D eigenvalue weighted by atomic mass is 19.3. The van der Waals surface area contributed by atoms with Gasteiger partial charge in [0.2, 0.25) is 11.8 Å². The molecular formula is C22H24F2N6O5. The van der Waals surface area contributed by atoms with Gasteiger partial charge < -0.3 is 19.3 Å². The van der Waals surface area contributed by atoms with Gasteiger partial charge in [0.1, 0.15) is 30.1 Å². The number of hydrogen-bond donors (Lipinski definition) is 1. The Morgan fingerprint density at radius 3 is 2.80 bits per heavy atom. The van der Waals surface area contributed by atoms with Crippen LogP contribution in [0.4, 0.5) is 8.78 Å². The van der Waals surface area contributed by atoms with Crippen molar-refractivity contribution in [3.63, 3.8) is 0 Å². The Bertz CT molecular complexity index is 1190. The molecule has 0 saturated heterocycles. The number of aromatic nitrogens is 6. The fraction of sp³-hybridized carbons (Fsp3) is 0.455. The summed E-state index contributed by atoms with van der Waals surface area (Å²) >= 11 is 0. The first-order valence-electron chi connectivity index (χ1n) is 11.0. The minimum atomic E-state index is -3.01. The highest BCUT2D eigenvalue weighted by molar-refractivity contribution is 5.70. The van der Waals surface area contributed by atoms with Crippen molar-refractivity contribution in [1.82, 2.24) is 29.9 Å². The molecule has 0 unspecified atom stereocenters. The maximum absolute atomic E-state index is 12.4. The van der Waals surface area contributed by atoms with Crippen LogP contribution in [-0.4, -0.2) is 53.7 Å². The quantitative estimate of drug-likeness (QED) is 0.476. The van der Waals surface area contributed by atoms with Gasteiger partial charge in [-0.2, -0.15) is 8.78 Å². The van der Waals surface area contributed by atoms with E-state index in [0.29, 0.717) is 41.4 Å². The number of pyridine rings is 1. The number of nitrogens with zero attached hydrogens (tertiary/aromatic N) is 6. The molecular weight excluding hydrogens is 466 g/mol. The van der Waals surface area contributed by atoms with Gasteiger partial charge in [-0.25, -0.2) is 19.6 Å². The average molecular weight is 490 g/mol. The molecule has 13 heteroatoms. The summed E-state index contributed by atoms with van der Waals surface area (Å²) in [7, 11) is 1.69. The van der Waals surface area contributed by atoms with Gasteiger partial charge in [0, 0.05) is 7.05 Å². The van der Waals surface area contributed by atoms with E-state index in [9.17, 15) is 18.7 Å². The summed E-state index contributed by atoms with van der Waals surface area (Å²) in [5.41, 5.74) is 2.22. The molecule has 0 amide bonds. The van der Waals surface area contributed by atoms with Crippen molar-refractivity contribution in [2.45, 2.75) is 51.9 Å². The van der Waals surface area contributed by atoms with E-state index < -0.39 is 18.5 Å². The SMILES string of the molecule is Cc1nc(-c2nnn(C)c2COc2cc(OC(F)F)ncn2)ccc1O[C@H]1CCC[C@H](C(=O)O)C1. The molecule has 0 spiro atoms. The summed E-state index contributed by atoms with van der Waals surface area (Å²) < 4.78 is 42.3. The van der Waals surface area contributed by atoms with E-state index in [1.54, 1.807) is 26.1 Å². The molecule has 1 aliphatic carbocycles. The second-order valence-electron chi connectivity index (χ2n) is 8.09. The smallest absolute Gasteiger partial charge is 0.388 e. The molecule has 3 heterocycles.